The van der Waals surface area contributed by atoms with E-state index >= 15 is 0 Å². The summed E-state index contributed by atoms with van der Waals surface area (Å²) >= 11 is 12.0. The van der Waals surface area contributed by atoms with Crippen LogP contribution < -0.4 is 0 Å². The first-order valence-electron chi connectivity index (χ1n) is 4.02. The first-order chi connectivity index (χ1) is 5.43. The molecule has 1 rings (SSSR count). The van der Waals surface area contributed by atoms with Crippen LogP contribution in [-0.4, -0.2) is 0 Å². The zero-order valence-corrected chi connectivity index (χ0v) is 9.13. The maximum Gasteiger partial charge on any atom is 0.0589 e. The van der Waals surface area contributed by atoms with Crippen molar-refractivity contribution < 1.29 is 0 Å². The molecule has 0 unspecified atom stereocenters. The lowest BCUT2D eigenvalue weighted by Crippen LogP contribution is -2.13. The minimum absolute atomic E-state index is 0.0888. The number of halogens is 2. The molecule has 1 radical (unpaired) electrons. The Balaban J connectivity index is 3.03. The van der Waals surface area contributed by atoms with Gasteiger partial charge in [-0.25, -0.2) is 0 Å². The van der Waals surface area contributed by atoms with Crippen molar-refractivity contribution >= 4 is 23.2 Å². The topological polar surface area (TPSA) is 0 Å². The summed E-state index contributed by atoms with van der Waals surface area (Å²) in [4.78, 5) is 0. The summed E-state index contributed by atoms with van der Waals surface area (Å²) in [6.07, 6.45) is 4.95. The Kier molecular flexibility index (Phi) is 2.90. The summed E-state index contributed by atoms with van der Waals surface area (Å²) in [6, 6.07) is 0. The molecule has 0 aliphatic heterocycles. The number of hydrogen-bond acceptors (Lipinski definition) is 0. The molecule has 0 spiro atoms. The van der Waals surface area contributed by atoms with Gasteiger partial charge in [-0.1, -0.05) is 50.0 Å². The number of allylic oxidation sites excluding steroid dienone is 4. The lowest BCUT2D eigenvalue weighted by Gasteiger charge is -2.26. The summed E-state index contributed by atoms with van der Waals surface area (Å²) in [7, 11) is 0. The highest BCUT2D eigenvalue weighted by molar-refractivity contribution is 6.44. The van der Waals surface area contributed by atoms with Gasteiger partial charge in [-0.3, -0.25) is 0 Å². The predicted octanol–water partition coefficient (Wildman–Crippen LogP) is 4.26. The van der Waals surface area contributed by atoms with Gasteiger partial charge in [0.2, 0.25) is 0 Å². The van der Waals surface area contributed by atoms with Crippen LogP contribution in [0.5, 0.6) is 0 Å². The molecule has 0 fully saturated rings. The minimum Gasteiger partial charge on any atom is -0.0831 e. The fourth-order valence-corrected chi connectivity index (χ4v) is 1.85. The van der Waals surface area contributed by atoms with Gasteiger partial charge in [-0.15, -0.1) is 0 Å². The Hall–Kier alpha value is 0.0600. The standard InChI is InChI=1S/C10H13Cl2/c1-10(2,3)7-5-4-6-8(11)9(7)12/h5-6H,4H2,1-3H3. The lowest BCUT2D eigenvalue weighted by molar-refractivity contribution is 0.504. The van der Waals surface area contributed by atoms with Gasteiger partial charge in [0.25, 0.3) is 0 Å². The maximum atomic E-state index is 6.07. The van der Waals surface area contributed by atoms with Gasteiger partial charge in [0.15, 0.2) is 0 Å². The van der Waals surface area contributed by atoms with E-state index in [4.69, 9.17) is 23.2 Å². The van der Waals surface area contributed by atoms with Crippen LogP contribution in [0.3, 0.4) is 0 Å². The zero-order chi connectivity index (χ0) is 9.35. The zero-order valence-electron chi connectivity index (χ0n) is 7.62. The molecule has 0 saturated carbocycles. The molecule has 0 saturated heterocycles. The molecule has 2 heteroatoms. The molecule has 0 heterocycles. The third-order valence-electron chi connectivity index (χ3n) is 1.87. The molecular formula is C10H13Cl2. The molecule has 1 aliphatic rings. The highest BCUT2D eigenvalue weighted by atomic mass is 35.5. The van der Waals surface area contributed by atoms with Crippen molar-refractivity contribution in [3.63, 3.8) is 0 Å². The van der Waals surface area contributed by atoms with Crippen molar-refractivity contribution in [3.05, 3.63) is 28.1 Å². The van der Waals surface area contributed by atoms with E-state index in [9.17, 15) is 0 Å². The van der Waals surface area contributed by atoms with Gasteiger partial charge in [0, 0.05) is 0 Å². The van der Waals surface area contributed by atoms with Crippen molar-refractivity contribution in [2.75, 3.05) is 0 Å². The third-order valence-corrected chi connectivity index (χ3v) is 2.72. The van der Waals surface area contributed by atoms with Crippen LogP contribution in [-0.2, 0) is 0 Å². The monoisotopic (exact) mass is 203 g/mol. The maximum absolute atomic E-state index is 6.07. The fraction of sp³-hybridized carbons (Fsp3) is 0.500. The van der Waals surface area contributed by atoms with Gasteiger partial charge < -0.3 is 0 Å². The average Bonchev–Trinajstić information content (AvgIpc) is 1.92. The van der Waals surface area contributed by atoms with E-state index in [1.165, 1.54) is 0 Å². The molecule has 0 nitrogen and oxygen atoms in total. The minimum atomic E-state index is 0.0888. The van der Waals surface area contributed by atoms with Gasteiger partial charge in [0.1, 0.15) is 0 Å². The quantitative estimate of drug-likeness (QED) is 0.553. The second kappa shape index (κ2) is 3.43. The summed E-state index contributed by atoms with van der Waals surface area (Å²) in [5.74, 6) is 0. The van der Waals surface area contributed by atoms with Crippen LogP contribution in [0.2, 0.25) is 0 Å². The summed E-state index contributed by atoms with van der Waals surface area (Å²) in [5, 5.41) is 1.39. The molecular weight excluding hydrogens is 191 g/mol. The van der Waals surface area contributed by atoms with Gasteiger partial charge in [-0.2, -0.15) is 0 Å². The molecule has 0 aromatic rings. The highest BCUT2D eigenvalue weighted by Gasteiger charge is 2.23. The largest absolute Gasteiger partial charge is 0.0831 e. The van der Waals surface area contributed by atoms with E-state index < -0.39 is 0 Å². The third kappa shape index (κ3) is 2.05. The lowest BCUT2D eigenvalue weighted by atomic mass is 9.82. The van der Waals surface area contributed by atoms with E-state index in [-0.39, 0.29) is 5.41 Å². The van der Waals surface area contributed by atoms with E-state index in [1.807, 2.05) is 6.08 Å². The normalized spacial score (nSPS) is 19.6. The molecule has 0 aromatic carbocycles. The van der Waals surface area contributed by atoms with Crippen molar-refractivity contribution in [1.29, 1.82) is 0 Å². The van der Waals surface area contributed by atoms with E-state index in [2.05, 4.69) is 27.2 Å². The highest BCUT2D eigenvalue weighted by Crippen LogP contribution is 2.39. The van der Waals surface area contributed by atoms with Crippen LogP contribution in [0.1, 0.15) is 27.2 Å². The second-order valence-corrected chi connectivity index (χ2v) is 4.75. The van der Waals surface area contributed by atoms with Crippen LogP contribution >= 0.6 is 23.2 Å². The van der Waals surface area contributed by atoms with Crippen molar-refractivity contribution in [3.8, 4) is 0 Å². The predicted molar refractivity (Wildman–Crippen MR) is 55.2 cm³/mol. The fourth-order valence-electron chi connectivity index (χ4n) is 1.22. The Labute approximate surface area is 84.2 Å². The van der Waals surface area contributed by atoms with Crippen molar-refractivity contribution in [2.45, 2.75) is 27.2 Å². The Bertz CT molecular complexity index is 241. The Morgan fingerprint density at radius 2 is 1.83 bits per heavy atom. The summed E-state index contributed by atoms with van der Waals surface area (Å²) in [6.45, 7) is 6.41. The number of hydrogen-bond donors (Lipinski definition) is 0. The summed E-state index contributed by atoms with van der Waals surface area (Å²) in [5.41, 5.74) is 1.24. The van der Waals surface area contributed by atoms with Crippen LogP contribution in [0.15, 0.2) is 21.7 Å². The van der Waals surface area contributed by atoms with Crippen molar-refractivity contribution in [2.24, 2.45) is 5.41 Å². The molecule has 0 N–H and O–H groups in total. The van der Waals surface area contributed by atoms with Gasteiger partial charge in [-0.05, 0) is 23.8 Å². The molecule has 67 valence electrons. The first-order valence-corrected chi connectivity index (χ1v) is 4.78. The van der Waals surface area contributed by atoms with E-state index in [1.54, 1.807) is 0 Å². The molecule has 1 aliphatic carbocycles. The SMILES string of the molecule is CC(C)(C)C1=C(Cl)C(Cl)=CC[CH]1. The average molecular weight is 204 g/mol. The molecule has 0 amide bonds. The molecule has 0 atom stereocenters. The van der Waals surface area contributed by atoms with Crippen LogP contribution in [0.25, 0.3) is 0 Å². The van der Waals surface area contributed by atoms with Gasteiger partial charge >= 0.3 is 0 Å². The second-order valence-electron chi connectivity index (χ2n) is 3.97. The number of rotatable bonds is 0. The van der Waals surface area contributed by atoms with E-state index in [0.717, 1.165) is 12.0 Å². The summed E-state index contributed by atoms with van der Waals surface area (Å²) < 4.78 is 0. The Morgan fingerprint density at radius 1 is 1.25 bits per heavy atom. The van der Waals surface area contributed by atoms with Gasteiger partial charge in [0.05, 0.1) is 10.1 Å². The molecule has 0 bridgehead atoms. The van der Waals surface area contributed by atoms with Crippen molar-refractivity contribution in [1.82, 2.24) is 0 Å². The molecule has 0 aromatic heterocycles. The molecule has 12 heavy (non-hydrogen) atoms. The van der Waals surface area contributed by atoms with Crippen LogP contribution in [0, 0.1) is 11.8 Å². The Morgan fingerprint density at radius 3 is 2.25 bits per heavy atom. The first kappa shape index (κ1) is 10.1. The van der Waals surface area contributed by atoms with E-state index in [0.29, 0.717) is 10.1 Å². The van der Waals surface area contributed by atoms with Crippen LogP contribution in [0.4, 0.5) is 0 Å². The smallest absolute Gasteiger partial charge is 0.0589 e.